The van der Waals surface area contributed by atoms with E-state index in [0.717, 1.165) is 25.3 Å². The van der Waals surface area contributed by atoms with Gasteiger partial charge >= 0.3 is 0 Å². The average Bonchev–Trinajstić information content (AvgIpc) is 3.14. The third-order valence-corrected chi connectivity index (χ3v) is 3.67. The van der Waals surface area contributed by atoms with Crippen molar-refractivity contribution in [2.75, 3.05) is 13.1 Å². The van der Waals surface area contributed by atoms with Crippen molar-refractivity contribution in [2.24, 2.45) is 11.1 Å². The average molecular weight is 268 g/mol. The van der Waals surface area contributed by atoms with E-state index in [0.29, 0.717) is 13.1 Å². The van der Waals surface area contributed by atoms with E-state index in [1.54, 1.807) is 0 Å². The van der Waals surface area contributed by atoms with Crippen LogP contribution in [0.3, 0.4) is 0 Å². The molecule has 3 nitrogen and oxygen atoms in total. The van der Waals surface area contributed by atoms with Crippen LogP contribution in [0.25, 0.3) is 0 Å². The normalized spacial score (nSPS) is 16.2. The van der Waals surface area contributed by atoms with Crippen LogP contribution >= 0.6 is 0 Å². The summed E-state index contributed by atoms with van der Waals surface area (Å²) < 4.78 is 26.4. The van der Waals surface area contributed by atoms with Crippen molar-refractivity contribution in [1.82, 2.24) is 5.32 Å². The van der Waals surface area contributed by atoms with Crippen LogP contribution in [-0.4, -0.2) is 19.0 Å². The first-order valence-corrected chi connectivity index (χ1v) is 6.46. The minimum atomic E-state index is -0.944. The molecule has 19 heavy (non-hydrogen) atoms. The van der Waals surface area contributed by atoms with Crippen molar-refractivity contribution < 1.29 is 13.6 Å². The van der Waals surface area contributed by atoms with E-state index in [9.17, 15) is 13.6 Å². The van der Waals surface area contributed by atoms with Gasteiger partial charge in [0.1, 0.15) is 0 Å². The fraction of sp³-hybridized carbons (Fsp3) is 0.500. The molecule has 1 aromatic carbocycles. The van der Waals surface area contributed by atoms with Gasteiger partial charge in [-0.3, -0.25) is 4.79 Å². The van der Waals surface area contributed by atoms with Gasteiger partial charge in [-0.15, -0.1) is 0 Å². The number of hydrogen-bond donors (Lipinski definition) is 2. The molecule has 1 aliphatic rings. The summed E-state index contributed by atoms with van der Waals surface area (Å²) in [5.41, 5.74) is 5.75. The highest BCUT2D eigenvalue weighted by Crippen LogP contribution is 2.47. The van der Waals surface area contributed by atoms with Crippen molar-refractivity contribution in [3.05, 3.63) is 35.4 Å². The summed E-state index contributed by atoms with van der Waals surface area (Å²) in [5, 5.41) is 2.78. The maximum absolute atomic E-state index is 13.4. The molecule has 0 spiro atoms. The minimum absolute atomic E-state index is 0.0844. The Morgan fingerprint density at radius 1 is 1.37 bits per heavy atom. The maximum atomic E-state index is 13.4. The number of nitrogens with two attached hydrogens (primary N) is 1. The Balaban J connectivity index is 1.86. The van der Waals surface area contributed by atoms with Gasteiger partial charge in [-0.25, -0.2) is 8.78 Å². The number of amides is 1. The smallest absolute Gasteiger partial charge is 0.224 e. The third-order valence-electron chi connectivity index (χ3n) is 3.67. The van der Waals surface area contributed by atoms with Crippen LogP contribution in [0.4, 0.5) is 8.78 Å². The van der Waals surface area contributed by atoms with E-state index < -0.39 is 11.6 Å². The van der Waals surface area contributed by atoms with Crippen LogP contribution in [0.1, 0.15) is 24.8 Å². The summed E-state index contributed by atoms with van der Waals surface area (Å²) in [7, 11) is 0. The summed E-state index contributed by atoms with van der Waals surface area (Å²) in [4.78, 5) is 11.7. The molecule has 0 bridgehead atoms. The number of nitrogens with one attached hydrogen (secondary N) is 1. The predicted molar refractivity (Wildman–Crippen MR) is 68.4 cm³/mol. The lowest BCUT2D eigenvalue weighted by atomic mass is 10.0. The van der Waals surface area contributed by atoms with Crippen LogP contribution in [0, 0.1) is 17.0 Å². The van der Waals surface area contributed by atoms with E-state index >= 15 is 0 Å². The number of hydrogen-bond acceptors (Lipinski definition) is 2. The van der Waals surface area contributed by atoms with Crippen molar-refractivity contribution in [3.63, 3.8) is 0 Å². The van der Waals surface area contributed by atoms with Crippen molar-refractivity contribution in [3.8, 4) is 0 Å². The third kappa shape index (κ3) is 3.50. The van der Waals surface area contributed by atoms with Crippen molar-refractivity contribution >= 4 is 5.91 Å². The Labute approximate surface area is 111 Å². The van der Waals surface area contributed by atoms with Gasteiger partial charge in [0.2, 0.25) is 5.91 Å². The molecule has 3 N–H and O–H groups in total. The zero-order chi connectivity index (χ0) is 13.9. The summed E-state index contributed by atoms with van der Waals surface area (Å²) >= 11 is 0. The lowest BCUT2D eigenvalue weighted by Crippen LogP contribution is -2.32. The Kier molecular flexibility index (Phi) is 4.14. The quantitative estimate of drug-likeness (QED) is 0.826. The molecule has 1 amide bonds. The lowest BCUT2D eigenvalue weighted by Gasteiger charge is -2.14. The van der Waals surface area contributed by atoms with Gasteiger partial charge in [0.05, 0.1) is 6.42 Å². The largest absolute Gasteiger partial charge is 0.355 e. The second-order valence-corrected chi connectivity index (χ2v) is 5.21. The van der Waals surface area contributed by atoms with Crippen LogP contribution in [0.15, 0.2) is 18.2 Å². The molecule has 0 aromatic heterocycles. The fourth-order valence-electron chi connectivity index (χ4n) is 2.20. The van der Waals surface area contributed by atoms with Crippen LogP contribution < -0.4 is 11.1 Å². The highest BCUT2D eigenvalue weighted by molar-refractivity contribution is 5.78. The van der Waals surface area contributed by atoms with Gasteiger partial charge < -0.3 is 11.1 Å². The van der Waals surface area contributed by atoms with E-state index in [1.807, 2.05) is 0 Å². The Morgan fingerprint density at radius 3 is 2.74 bits per heavy atom. The highest BCUT2D eigenvalue weighted by Gasteiger charge is 2.41. The number of rotatable bonds is 6. The van der Waals surface area contributed by atoms with Crippen molar-refractivity contribution in [1.29, 1.82) is 0 Å². The van der Waals surface area contributed by atoms with Gasteiger partial charge in [-0.2, -0.15) is 0 Å². The molecule has 0 heterocycles. The van der Waals surface area contributed by atoms with Gasteiger partial charge in [-0.1, -0.05) is 12.1 Å². The second-order valence-electron chi connectivity index (χ2n) is 5.21. The number of benzene rings is 1. The molecule has 0 unspecified atom stereocenters. The van der Waals surface area contributed by atoms with Gasteiger partial charge in [-0.05, 0) is 37.3 Å². The molecule has 0 radical (unpaired) electrons. The SMILES string of the molecule is NCCC1(CNC(=O)Cc2cccc(F)c2F)CC1. The molecule has 2 rings (SSSR count). The Hall–Kier alpha value is -1.49. The first-order chi connectivity index (χ1) is 9.06. The van der Waals surface area contributed by atoms with Gasteiger partial charge in [0, 0.05) is 12.1 Å². The molecule has 0 aliphatic heterocycles. The molecular formula is C14H18F2N2O. The zero-order valence-corrected chi connectivity index (χ0v) is 10.7. The number of carbonyl (C=O) groups excluding carboxylic acids is 1. The van der Waals surface area contributed by atoms with Crippen LogP contribution in [0.2, 0.25) is 0 Å². The summed E-state index contributed by atoms with van der Waals surface area (Å²) in [5.74, 6) is -2.15. The molecule has 1 saturated carbocycles. The zero-order valence-electron chi connectivity index (χ0n) is 10.7. The summed E-state index contributed by atoms with van der Waals surface area (Å²) in [6, 6.07) is 3.86. The molecule has 0 atom stereocenters. The number of carbonyl (C=O) groups is 1. The molecule has 104 valence electrons. The van der Waals surface area contributed by atoms with E-state index in [1.165, 1.54) is 12.1 Å². The first kappa shape index (κ1) is 13.9. The van der Waals surface area contributed by atoms with Gasteiger partial charge in [0.15, 0.2) is 11.6 Å². The minimum Gasteiger partial charge on any atom is -0.355 e. The first-order valence-electron chi connectivity index (χ1n) is 6.46. The monoisotopic (exact) mass is 268 g/mol. The molecule has 1 aliphatic carbocycles. The molecule has 1 fully saturated rings. The van der Waals surface area contributed by atoms with E-state index in [4.69, 9.17) is 5.73 Å². The molecule has 5 heteroatoms. The standard InChI is InChI=1S/C14H18F2N2O/c15-11-3-1-2-10(13(11)16)8-12(19)18-9-14(4-5-14)6-7-17/h1-3H,4-9,17H2,(H,18,19). The fourth-order valence-corrected chi connectivity index (χ4v) is 2.20. The van der Waals surface area contributed by atoms with Gasteiger partial charge in [0.25, 0.3) is 0 Å². The van der Waals surface area contributed by atoms with E-state index in [2.05, 4.69) is 5.32 Å². The predicted octanol–water partition coefficient (Wildman–Crippen LogP) is 1.75. The Morgan fingerprint density at radius 2 is 2.11 bits per heavy atom. The second kappa shape index (κ2) is 5.65. The van der Waals surface area contributed by atoms with E-state index in [-0.39, 0.29) is 23.3 Å². The maximum Gasteiger partial charge on any atom is 0.224 e. The topological polar surface area (TPSA) is 55.1 Å². The lowest BCUT2D eigenvalue weighted by molar-refractivity contribution is -0.120. The molecule has 0 saturated heterocycles. The molecule has 1 aromatic rings. The van der Waals surface area contributed by atoms with Crippen molar-refractivity contribution in [2.45, 2.75) is 25.7 Å². The van der Waals surface area contributed by atoms with Crippen LogP contribution in [0.5, 0.6) is 0 Å². The summed E-state index contributed by atoms with van der Waals surface area (Å²) in [6.45, 7) is 1.17. The van der Waals surface area contributed by atoms with Crippen LogP contribution in [-0.2, 0) is 11.2 Å². The number of halogens is 2. The molecular weight excluding hydrogens is 250 g/mol. The summed E-state index contributed by atoms with van der Waals surface area (Å²) in [6.07, 6.45) is 2.89. The Bertz CT molecular complexity index is 473. The highest BCUT2D eigenvalue weighted by atomic mass is 19.2.